The van der Waals surface area contributed by atoms with Crippen molar-refractivity contribution in [1.82, 2.24) is 0 Å². The summed E-state index contributed by atoms with van der Waals surface area (Å²) in [5, 5.41) is 18.3. The molecule has 0 saturated heterocycles. The van der Waals surface area contributed by atoms with Crippen molar-refractivity contribution >= 4 is 15.9 Å². The van der Waals surface area contributed by atoms with Crippen molar-refractivity contribution in [2.75, 3.05) is 26.4 Å². The lowest BCUT2D eigenvalue weighted by Crippen LogP contribution is -2.24. The molecule has 1 atom stereocenters. The largest absolute Gasteiger partial charge is 0.491 e. The van der Waals surface area contributed by atoms with Gasteiger partial charge in [-0.2, -0.15) is 0 Å². The van der Waals surface area contributed by atoms with Gasteiger partial charge < -0.3 is 19.7 Å². The average molecular weight is 317 g/mol. The maximum atomic E-state index is 9.60. The lowest BCUT2D eigenvalue weighted by Gasteiger charge is -2.13. The van der Waals surface area contributed by atoms with Gasteiger partial charge in [0.1, 0.15) is 18.5 Å². The van der Waals surface area contributed by atoms with Crippen LogP contribution in [0, 0.1) is 0 Å². The average Bonchev–Trinajstić information content (AvgIpc) is 2.38. The zero-order valence-corrected chi connectivity index (χ0v) is 11.6. The summed E-state index contributed by atoms with van der Waals surface area (Å²) in [5.41, 5.74) is 0.580. The lowest BCUT2D eigenvalue weighted by atomic mass is 10.3. The normalized spacial score (nSPS) is 12.2. The van der Waals surface area contributed by atoms with Crippen LogP contribution < -0.4 is 4.74 Å². The van der Waals surface area contributed by atoms with E-state index in [1.54, 1.807) is 0 Å². The molecule has 0 aromatic heterocycles. The van der Waals surface area contributed by atoms with E-state index in [4.69, 9.17) is 14.6 Å². The van der Waals surface area contributed by atoms with Crippen molar-refractivity contribution in [3.8, 4) is 5.75 Å². The molecule has 0 bridgehead atoms. The molecule has 18 heavy (non-hydrogen) atoms. The molecule has 0 heterocycles. The van der Waals surface area contributed by atoms with Gasteiger partial charge in [-0.05, 0) is 29.8 Å². The van der Waals surface area contributed by atoms with Crippen LogP contribution >= 0.6 is 15.9 Å². The van der Waals surface area contributed by atoms with Gasteiger partial charge in [-0.15, -0.1) is 0 Å². The Morgan fingerprint density at radius 3 is 2.56 bits per heavy atom. The SMILES string of the molecule is C=C(CO)COCC(O)COc1ccc(Br)cc1. The molecular weight excluding hydrogens is 300 g/mol. The molecule has 0 aliphatic rings. The van der Waals surface area contributed by atoms with Crippen LogP contribution in [0.1, 0.15) is 0 Å². The molecule has 1 aromatic carbocycles. The summed E-state index contributed by atoms with van der Waals surface area (Å²) in [6, 6.07) is 7.35. The fraction of sp³-hybridized carbons (Fsp3) is 0.385. The second-order valence-electron chi connectivity index (χ2n) is 3.84. The summed E-state index contributed by atoms with van der Waals surface area (Å²) in [6.45, 7) is 4.02. The van der Waals surface area contributed by atoms with Crippen molar-refractivity contribution in [2.24, 2.45) is 0 Å². The predicted molar refractivity (Wildman–Crippen MR) is 72.7 cm³/mol. The Hall–Kier alpha value is -0.880. The fourth-order valence-electron chi connectivity index (χ4n) is 1.16. The Kier molecular flexibility index (Phi) is 6.97. The van der Waals surface area contributed by atoms with Crippen molar-refractivity contribution in [1.29, 1.82) is 0 Å². The van der Waals surface area contributed by atoms with Gasteiger partial charge in [0.05, 0.1) is 19.8 Å². The first-order valence-electron chi connectivity index (χ1n) is 5.53. The van der Waals surface area contributed by atoms with Crippen LogP contribution in [0.4, 0.5) is 0 Å². The third kappa shape index (κ3) is 6.16. The van der Waals surface area contributed by atoms with Crippen LogP contribution in [0.2, 0.25) is 0 Å². The molecule has 0 fully saturated rings. The third-order valence-corrected chi connectivity index (χ3v) is 2.62. The van der Waals surface area contributed by atoms with E-state index in [2.05, 4.69) is 22.5 Å². The van der Waals surface area contributed by atoms with Crippen LogP contribution in [0.25, 0.3) is 0 Å². The standard InChI is InChI=1S/C13H17BrO4/c1-10(6-15)7-17-8-12(16)9-18-13-4-2-11(14)3-5-13/h2-5,12,15-16H,1,6-9H2. The highest BCUT2D eigenvalue weighted by molar-refractivity contribution is 9.10. The number of hydrogen-bond donors (Lipinski definition) is 2. The van der Waals surface area contributed by atoms with Crippen LogP contribution in [0.5, 0.6) is 5.75 Å². The summed E-state index contributed by atoms with van der Waals surface area (Å²) in [6.07, 6.45) is -0.708. The van der Waals surface area contributed by atoms with E-state index in [-0.39, 0.29) is 26.4 Å². The first-order valence-corrected chi connectivity index (χ1v) is 6.33. The Bertz CT molecular complexity index is 364. The highest BCUT2D eigenvalue weighted by Crippen LogP contribution is 2.16. The number of ether oxygens (including phenoxy) is 2. The van der Waals surface area contributed by atoms with Gasteiger partial charge in [0.2, 0.25) is 0 Å². The molecule has 1 rings (SSSR count). The van der Waals surface area contributed by atoms with Crippen LogP contribution in [0.15, 0.2) is 40.9 Å². The Morgan fingerprint density at radius 2 is 1.94 bits per heavy atom. The minimum Gasteiger partial charge on any atom is -0.491 e. The van der Waals surface area contributed by atoms with Crippen LogP contribution in [0.3, 0.4) is 0 Å². The predicted octanol–water partition coefficient (Wildman–Crippen LogP) is 1.75. The van der Waals surface area contributed by atoms with E-state index in [1.165, 1.54) is 0 Å². The number of hydrogen-bond acceptors (Lipinski definition) is 4. The van der Waals surface area contributed by atoms with Crippen LogP contribution in [-0.4, -0.2) is 42.7 Å². The number of benzene rings is 1. The minimum atomic E-state index is -0.708. The summed E-state index contributed by atoms with van der Waals surface area (Å²) in [4.78, 5) is 0. The molecule has 0 aliphatic carbocycles. The quantitative estimate of drug-likeness (QED) is 0.717. The Balaban J connectivity index is 2.18. The molecule has 5 heteroatoms. The van der Waals surface area contributed by atoms with Crippen molar-refractivity contribution in [3.05, 3.63) is 40.9 Å². The van der Waals surface area contributed by atoms with Crippen molar-refractivity contribution in [3.63, 3.8) is 0 Å². The molecule has 0 radical (unpaired) electrons. The van der Waals surface area contributed by atoms with Gasteiger partial charge in [-0.25, -0.2) is 0 Å². The maximum absolute atomic E-state index is 9.60. The molecular formula is C13H17BrO4. The second kappa shape index (κ2) is 8.26. The van der Waals surface area contributed by atoms with E-state index in [0.717, 1.165) is 4.47 Å². The molecule has 1 unspecified atom stereocenters. The summed E-state index contributed by atoms with van der Waals surface area (Å²) in [5.74, 6) is 0.692. The van der Waals surface area contributed by atoms with Crippen molar-refractivity contribution < 1.29 is 19.7 Å². The van der Waals surface area contributed by atoms with Gasteiger partial charge in [0, 0.05) is 4.47 Å². The Morgan fingerprint density at radius 1 is 1.28 bits per heavy atom. The van der Waals surface area contributed by atoms with E-state index in [0.29, 0.717) is 11.3 Å². The van der Waals surface area contributed by atoms with Crippen LogP contribution in [-0.2, 0) is 4.74 Å². The monoisotopic (exact) mass is 316 g/mol. The smallest absolute Gasteiger partial charge is 0.119 e. The van der Waals surface area contributed by atoms with E-state index >= 15 is 0 Å². The highest BCUT2D eigenvalue weighted by atomic mass is 79.9. The molecule has 0 amide bonds. The number of rotatable bonds is 8. The highest BCUT2D eigenvalue weighted by Gasteiger charge is 2.06. The van der Waals surface area contributed by atoms with Gasteiger partial charge >= 0.3 is 0 Å². The zero-order valence-electron chi connectivity index (χ0n) is 10.0. The van der Waals surface area contributed by atoms with Gasteiger partial charge in [-0.3, -0.25) is 0 Å². The number of halogens is 1. The zero-order chi connectivity index (χ0) is 13.4. The van der Waals surface area contributed by atoms with E-state index in [1.807, 2.05) is 24.3 Å². The third-order valence-electron chi connectivity index (χ3n) is 2.10. The molecule has 0 saturated carbocycles. The number of aliphatic hydroxyl groups excluding tert-OH is 2. The lowest BCUT2D eigenvalue weighted by molar-refractivity contribution is 0.0179. The molecule has 100 valence electrons. The van der Waals surface area contributed by atoms with Gasteiger partial charge in [0.25, 0.3) is 0 Å². The molecule has 0 spiro atoms. The fourth-order valence-corrected chi connectivity index (χ4v) is 1.42. The topological polar surface area (TPSA) is 58.9 Å². The van der Waals surface area contributed by atoms with Crippen molar-refractivity contribution in [2.45, 2.75) is 6.10 Å². The van der Waals surface area contributed by atoms with Gasteiger partial charge in [0.15, 0.2) is 0 Å². The summed E-state index contributed by atoms with van der Waals surface area (Å²) >= 11 is 3.33. The second-order valence-corrected chi connectivity index (χ2v) is 4.76. The number of aliphatic hydroxyl groups is 2. The minimum absolute atomic E-state index is 0.106. The Labute approximate surface area is 115 Å². The summed E-state index contributed by atoms with van der Waals surface area (Å²) in [7, 11) is 0. The van der Waals surface area contributed by atoms with E-state index in [9.17, 15) is 5.11 Å². The molecule has 2 N–H and O–H groups in total. The first kappa shape index (κ1) is 15.2. The molecule has 0 aliphatic heterocycles. The molecule has 1 aromatic rings. The van der Waals surface area contributed by atoms with E-state index < -0.39 is 6.10 Å². The maximum Gasteiger partial charge on any atom is 0.119 e. The summed E-state index contributed by atoms with van der Waals surface area (Å²) < 4.78 is 11.5. The first-order chi connectivity index (χ1) is 8.61. The molecule has 4 nitrogen and oxygen atoms in total. The van der Waals surface area contributed by atoms with Gasteiger partial charge in [-0.1, -0.05) is 22.5 Å².